The molecule has 1 aliphatic rings. The molecule has 0 radical (unpaired) electrons. The van der Waals surface area contributed by atoms with Crippen LogP contribution in [0.4, 0.5) is 5.13 Å². The molecule has 0 amide bonds. The van der Waals surface area contributed by atoms with Crippen molar-refractivity contribution in [2.45, 2.75) is 25.3 Å². The number of nitrogens with one attached hydrogen (secondary N) is 1. The number of ether oxygens (including phenoxy) is 1. The third-order valence-corrected chi connectivity index (χ3v) is 3.74. The quantitative estimate of drug-likeness (QED) is 0.833. The van der Waals surface area contributed by atoms with Crippen molar-refractivity contribution in [1.82, 2.24) is 4.98 Å². The number of hydrogen-bond donors (Lipinski definition) is 1. The third-order valence-electron chi connectivity index (χ3n) is 2.39. The van der Waals surface area contributed by atoms with Crippen molar-refractivity contribution < 1.29 is 9.53 Å². The minimum absolute atomic E-state index is 0.216. The lowest BCUT2D eigenvalue weighted by Crippen LogP contribution is -2.26. The highest BCUT2D eigenvalue weighted by molar-refractivity contribution is 7.18. The minimum atomic E-state index is -0.431. The number of esters is 1. The van der Waals surface area contributed by atoms with Gasteiger partial charge in [-0.25, -0.2) is 9.78 Å². The number of nitrogens with zero attached hydrogens (tertiary/aromatic N) is 1. The van der Waals surface area contributed by atoms with E-state index in [0.29, 0.717) is 16.1 Å². The van der Waals surface area contributed by atoms with Crippen LogP contribution in [0.5, 0.6) is 0 Å². The molecule has 0 atom stereocenters. The van der Waals surface area contributed by atoms with Gasteiger partial charge in [0.1, 0.15) is 0 Å². The Hall–Kier alpha value is -0.810. The summed E-state index contributed by atoms with van der Waals surface area (Å²) in [7, 11) is 1.33. The van der Waals surface area contributed by atoms with E-state index in [-0.39, 0.29) is 5.15 Å². The lowest BCUT2D eigenvalue weighted by molar-refractivity contribution is 0.0606. The van der Waals surface area contributed by atoms with Gasteiger partial charge < -0.3 is 10.1 Å². The first-order chi connectivity index (χ1) is 7.20. The van der Waals surface area contributed by atoms with Gasteiger partial charge in [0, 0.05) is 6.04 Å². The first-order valence-electron chi connectivity index (χ1n) is 4.72. The molecule has 0 aromatic carbocycles. The zero-order valence-corrected chi connectivity index (χ0v) is 9.82. The predicted octanol–water partition coefficient (Wildman–Crippen LogP) is 2.55. The number of thiazole rings is 1. The molecule has 2 rings (SSSR count). The largest absolute Gasteiger partial charge is 0.465 e. The van der Waals surface area contributed by atoms with Crippen LogP contribution in [0.25, 0.3) is 0 Å². The number of hydrogen-bond acceptors (Lipinski definition) is 5. The molecule has 1 N–H and O–H groups in total. The van der Waals surface area contributed by atoms with Crippen LogP contribution in [0, 0.1) is 0 Å². The normalized spacial score (nSPS) is 15.9. The number of carbonyl (C=O) groups is 1. The first-order valence-corrected chi connectivity index (χ1v) is 5.91. The van der Waals surface area contributed by atoms with E-state index < -0.39 is 5.97 Å². The molecule has 1 aliphatic carbocycles. The molecule has 0 bridgehead atoms. The number of halogens is 1. The van der Waals surface area contributed by atoms with Gasteiger partial charge in [-0.15, -0.1) is 0 Å². The molecule has 6 heteroatoms. The van der Waals surface area contributed by atoms with Crippen molar-refractivity contribution >= 4 is 34.0 Å². The Morgan fingerprint density at radius 3 is 2.93 bits per heavy atom. The maximum absolute atomic E-state index is 11.3. The Kier molecular flexibility index (Phi) is 3.11. The molecule has 0 unspecified atom stereocenters. The van der Waals surface area contributed by atoms with Crippen molar-refractivity contribution in [3.05, 3.63) is 10.0 Å². The predicted molar refractivity (Wildman–Crippen MR) is 59.7 cm³/mol. The highest BCUT2D eigenvalue weighted by atomic mass is 35.5. The highest BCUT2D eigenvalue weighted by Gasteiger charge is 2.21. The second-order valence-electron chi connectivity index (χ2n) is 3.40. The molecule has 0 spiro atoms. The average molecular weight is 247 g/mol. The highest BCUT2D eigenvalue weighted by Crippen LogP contribution is 2.30. The van der Waals surface area contributed by atoms with Gasteiger partial charge in [-0.05, 0) is 19.3 Å². The molecular formula is C9H11ClN2O2S. The minimum Gasteiger partial charge on any atom is -0.465 e. The van der Waals surface area contributed by atoms with Crippen molar-refractivity contribution in [1.29, 1.82) is 0 Å². The lowest BCUT2D eigenvalue weighted by atomic mass is 9.93. The van der Waals surface area contributed by atoms with Gasteiger partial charge in [0.25, 0.3) is 0 Å². The molecule has 1 aromatic heterocycles. The van der Waals surface area contributed by atoms with Crippen LogP contribution < -0.4 is 5.32 Å². The van der Waals surface area contributed by atoms with Gasteiger partial charge in [0.05, 0.1) is 7.11 Å². The van der Waals surface area contributed by atoms with Gasteiger partial charge in [-0.1, -0.05) is 22.9 Å². The fourth-order valence-corrected chi connectivity index (χ4v) is 2.49. The van der Waals surface area contributed by atoms with Crippen LogP contribution >= 0.6 is 22.9 Å². The number of anilines is 1. The van der Waals surface area contributed by atoms with Crippen LogP contribution in [-0.2, 0) is 4.74 Å². The topological polar surface area (TPSA) is 51.2 Å². The zero-order chi connectivity index (χ0) is 10.8. The summed E-state index contributed by atoms with van der Waals surface area (Å²) >= 11 is 7.06. The van der Waals surface area contributed by atoms with Crippen LogP contribution in [-0.4, -0.2) is 24.1 Å². The second kappa shape index (κ2) is 4.37. The van der Waals surface area contributed by atoms with E-state index in [9.17, 15) is 4.79 Å². The Morgan fingerprint density at radius 2 is 2.40 bits per heavy atom. The summed E-state index contributed by atoms with van der Waals surface area (Å²) in [4.78, 5) is 15.7. The second-order valence-corrected chi connectivity index (χ2v) is 4.76. The van der Waals surface area contributed by atoms with Gasteiger partial charge >= 0.3 is 5.97 Å². The summed E-state index contributed by atoms with van der Waals surface area (Å²) in [5.41, 5.74) is 0. The van der Waals surface area contributed by atoms with Crippen molar-refractivity contribution in [3.8, 4) is 0 Å². The van der Waals surface area contributed by atoms with Crippen LogP contribution in [0.15, 0.2) is 0 Å². The fourth-order valence-electron chi connectivity index (χ4n) is 1.31. The van der Waals surface area contributed by atoms with E-state index in [2.05, 4.69) is 15.0 Å². The zero-order valence-electron chi connectivity index (χ0n) is 8.25. The van der Waals surface area contributed by atoms with Crippen LogP contribution in [0.1, 0.15) is 28.9 Å². The fraction of sp³-hybridized carbons (Fsp3) is 0.556. The van der Waals surface area contributed by atoms with Crippen molar-refractivity contribution in [2.24, 2.45) is 0 Å². The molecule has 0 saturated heterocycles. The van der Waals surface area contributed by atoms with Crippen molar-refractivity contribution in [3.63, 3.8) is 0 Å². The number of aromatic nitrogens is 1. The molecule has 1 heterocycles. The van der Waals surface area contributed by atoms with E-state index in [1.54, 1.807) is 0 Å². The van der Waals surface area contributed by atoms with Gasteiger partial charge in [-0.3, -0.25) is 0 Å². The van der Waals surface area contributed by atoms with E-state index in [1.807, 2.05) is 0 Å². The van der Waals surface area contributed by atoms with Gasteiger partial charge in [0.2, 0.25) is 0 Å². The molecule has 1 saturated carbocycles. The molecule has 15 heavy (non-hydrogen) atoms. The molecule has 82 valence electrons. The summed E-state index contributed by atoms with van der Waals surface area (Å²) in [6.07, 6.45) is 3.57. The molecule has 4 nitrogen and oxygen atoms in total. The third kappa shape index (κ3) is 2.23. The Bertz CT molecular complexity index is 376. The molecule has 1 aromatic rings. The maximum Gasteiger partial charge on any atom is 0.351 e. The average Bonchev–Trinajstić information content (AvgIpc) is 2.52. The van der Waals surface area contributed by atoms with E-state index in [0.717, 1.165) is 12.8 Å². The smallest absolute Gasteiger partial charge is 0.351 e. The van der Waals surface area contributed by atoms with Gasteiger partial charge in [0.15, 0.2) is 15.2 Å². The Balaban J connectivity index is 2.09. The van der Waals surface area contributed by atoms with Crippen molar-refractivity contribution in [2.75, 3.05) is 12.4 Å². The summed E-state index contributed by atoms with van der Waals surface area (Å²) in [5.74, 6) is -0.431. The van der Waals surface area contributed by atoms with Crippen LogP contribution in [0.2, 0.25) is 5.15 Å². The Morgan fingerprint density at radius 1 is 1.67 bits per heavy atom. The Labute approximate surface area is 96.6 Å². The summed E-state index contributed by atoms with van der Waals surface area (Å²) in [6, 6.07) is 0.484. The number of methoxy groups -OCH3 is 1. The molecule has 1 fully saturated rings. The number of carbonyl (C=O) groups excluding carboxylic acids is 1. The summed E-state index contributed by atoms with van der Waals surface area (Å²) in [6.45, 7) is 0. The number of rotatable bonds is 3. The van der Waals surface area contributed by atoms with E-state index >= 15 is 0 Å². The lowest BCUT2D eigenvalue weighted by Gasteiger charge is -2.25. The first kappa shape index (κ1) is 10.7. The standard InChI is InChI=1S/C9H11ClN2O2S/c1-14-8(13)6-7(10)12-9(15-6)11-5-3-2-4-5/h5H,2-4H2,1H3,(H,11,12). The van der Waals surface area contributed by atoms with E-state index in [1.165, 1.54) is 24.9 Å². The monoisotopic (exact) mass is 246 g/mol. The van der Waals surface area contributed by atoms with Gasteiger partial charge in [-0.2, -0.15) is 0 Å². The SMILES string of the molecule is COC(=O)c1sc(NC2CCC2)nc1Cl. The van der Waals surface area contributed by atoms with E-state index in [4.69, 9.17) is 11.6 Å². The molecule has 0 aliphatic heterocycles. The summed E-state index contributed by atoms with van der Waals surface area (Å²) in [5, 5.41) is 4.15. The summed E-state index contributed by atoms with van der Waals surface area (Å²) < 4.78 is 4.59. The molecular weight excluding hydrogens is 236 g/mol. The van der Waals surface area contributed by atoms with Crippen LogP contribution in [0.3, 0.4) is 0 Å². The maximum atomic E-state index is 11.3.